The van der Waals surface area contributed by atoms with Crippen molar-refractivity contribution in [1.82, 2.24) is 9.55 Å². The Bertz CT molecular complexity index is 1060. The highest BCUT2D eigenvalue weighted by atomic mass is 19.1. The summed E-state index contributed by atoms with van der Waals surface area (Å²) in [6.45, 7) is 2.52. The number of anilines is 1. The number of aryl methyl sites for hydroxylation is 2. The van der Waals surface area contributed by atoms with Crippen molar-refractivity contribution < 1.29 is 9.18 Å². The van der Waals surface area contributed by atoms with Gasteiger partial charge < -0.3 is 9.47 Å². The Hall–Kier alpha value is -2.69. The average molecular weight is 349 g/mol. The lowest BCUT2D eigenvalue weighted by Crippen LogP contribution is -2.41. The molecule has 2 heterocycles. The summed E-state index contributed by atoms with van der Waals surface area (Å²) in [5.41, 5.74) is 3.68. The highest BCUT2D eigenvalue weighted by molar-refractivity contribution is 6.09. The molecule has 1 aliphatic carbocycles. The van der Waals surface area contributed by atoms with Crippen molar-refractivity contribution in [3.8, 4) is 0 Å². The molecule has 4 nitrogen and oxygen atoms in total. The fourth-order valence-electron chi connectivity index (χ4n) is 4.53. The van der Waals surface area contributed by atoms with Gasteiger partial charge in [0.2, 0.25) is 0 Å². The van der Waals surface area contributed by atoms with Crippen molar-refractivity contribution in [2.24, 2.45) is 7.05 Å². The Morgan fingerprint density at radius 2 is 2.04 bits per heavy atom. The van der Waals surface area contributed by atoms with Gasteiger partial charge in [0.25, 0.3) is 5.91 Å². The molecule has 132 valence electrons. The van der Waals surface area contributed by atoms with E-state index in [1.807, 2.05) is 42.8 Å². The number of carbonyl (C=O) groups is 1. The first-order valence-corrected chi connectivity index (χ1v) is 9.04. The molecule has 0 atom stereocenters. The molecule has 0 bridgehead atoms. The number of amides is 1. The summed E-state index contributed by atoms with van der Waals surface area (Å²) in [6.07, 6.45) is 2.99. The van der Waals surface area contributed by atoms with Crippen molar-refractivity contribution in [1.29, 1.82) is 0 Å². The molecule has 1 fully saturated rings. The molecule has 1 aliphatic heterocycles. The van der Waals surface area contributed by atoms with Crippen LogP contribution >= 0.6 is 0 Å². The van der Waals surface area contributed by atoms with Crippen LogP contribution < -0.4 is 4.90 Å². The smallest absolute Gasteiger partial charge is 0.258 e. The van der Waals surface area contributed by atoms with Crippen molar-refractivity contribution in [2.45, 2.75) is 31.6 Å². The maximum atomic E-state index is 14.6. The molecule has 0 unspecified atom stereocenters. The van der Waals surface area contributed by atoms with Crippen LogP contribution in [0.5, 0.6) is 0 Å². The number of halogens is 1. The third-order valence-electron chi connectivity index (χ3n) is 6.18. The summed E-state index contributed by atoms with van der Waals surface area (Å²) in [4.78, 5) is 19.5. The summed E-state index contributed by atoms with van der Waals surface area (Å²) in [7, 11) is 1.96. The first-order chi connectivity index (χ1) is 12.5. The molecule has 0 saturated heterocycles. The summed E-state index contributed by atoms with van der Waals surface area (Å²) in [5.74, 6) is 0.644. The van der Waals surface area contributed by atoms with Gasteiger partial charge in [0.05, 0.1) is 16.7 Å². The number of imidazole rings is 1. The largest absolute Gasteiger partial charge is 0.331 e. The first-order valence-electron chi connectivity index (χ1n) is 9.04. The Morgan fingerprint density at radius 3 is 2.77 bits per heavy atom. The fraction of sp³-hybridized carbons (Fsp3) is 0.333. The molecule has 5 heteroatoms. The zero-order chi connectivity index (χ0) is 18.1. The van der Waals surface area contributed by atoms with Crippen molar-refractivity contribution >= 4 is 22.6 Å². The van der Waals surface area contributed by atoms with Crippen LogP contribution in [0.25, 0.3) is 11.0 Å². The van der Waals surface area contributed by atoms with E-state index in [1.54, 1.807) is 11.0 Å². The molecule has 5 rings (SSSR count). The quantitative estimate of drug-likeness (QED) is 0.663. The molecule has 2 aromatic carbocycles. The number of fused-ring (bicyclic) bond motifs is 3. The minimum atomic E-state index is -0.192. The zero-order valence-electron chi connectivity index (χ0n) is 14.9. The van der Waals surface area contributed by atoms with Crippen LogP contribution in [-0.4, -0.2) is 22.0 Å². The maximum Gasteiger partial charge on any atom is 0.258 e. The summed E-state index contributed by atoms with van der Waals surface area (Å²) in [6, 6.07) is 10.7. The Labute approximate surface area is 151 Å². The second kappa shape index (κ2) is 5.16. The average Bonchev–Trinajstić information content (AvgIpc) is 3.10. The Morgan fingerprint density at radius 1 is 1.23 bits per heavy atom. The molecule has 26 heavy (non-hydrogen) atoms. The summed E-state index contributed by atoms with van der Waals surface area (Å²) >= 11 is 0. The van der Waals surface area contributed by atoms with Gasteiger partial charge in [0.1, 0.15) is 11.6 Å². The third kappa shape index (κ3) is 1.94. The zero-order valence-corrected chi connectivity index (χ0v) is 14.9. The monoisotopic (exact) mass is 349 g/mol. The van der Waals surface area contributed by atoms with Crippen LogP contribution in [0, 0.1) is 12.7 Å². The lowest BCUT2D eigenvalue weighted by atomic mass is 9.65. The molecule has 1 amide bonds. The van der Waals surface area contributed by atoms with E-state index in [4.69, 9.17) is 0 Å². The molecule has 1 aromatic heterocycles. The summed E-state index contributed by atoms with van der Waals surface area (Å²) < 4.78 is 16.6. The fourth-order valence-corrected chi connectivity index (χ4v) is 4.53. The molecule has 3 aromatic rings. The minimum absolute atomic E-state index is 0.0779. The van der Waals surface area contributed by atoms with E-state index in [0.29, 0.717) is 12.1 Å². The normalized spacial score (nSPS) is 17.6. The predicted molar refractivity (Wildman–Crippen MR) is 99.1 cm³/mol. The number of hydrogen-bond donors (Lipinski definition) is 0. The molecule has 1 spiro atoms. The third-order valence-corrected chi connectivity index (χ3v) is 6.18. The number of aromatic nitrogens is 2. The number of hydrogen-bond acceptors (Lipinski definition) is 2. The van der Waals surface area contributed by atoms with E-state index in [2.05, 4.69) is 4.98 Å². The first kappa shape index (κ1) is 15.6. The van der Waals surface area contributed by atoms with Crippen molar-refractivity contribution in [3.63, 3.8) is 0 Å². The van der Waals surface area contributed by atoms with Crippen LogP contribution in [0.3, 0.4) is 0 Å². The Kier molecular flexibility index (Phi) is 3.09. The number of carbonyl (C=O) groups excluding carboxylic acids is 1. The van der Waals surface area contributed by atoms with Gasteiger partial charge in [-0.1, -0.05) is 12.5 Å². The molecule has 2 aliphatic rings. The van der Waals surface area contributed by atoms with E-state index in [0.717, 1.165) is 47.4 Å². The predicted octanol–water partition coefficient (Wildman–Crippen LogP) is 4.10. The molecular formula is C21H20FN3O. The molecule has 0 radical (unpaired) electrons. The van der Waals surface area contributed by atoms with Gasteiger partial charge in [-0.3, -0.25) is 4.79 Å². The van der Waals surface area contributed by atoms with Gasteiger partial charge in [0, 0.05) is 30.1 Å². The molecule has 1 saturated carbocycles. The van der Waals surface area contributed by atoms with Gasteiger partial charge in [-0.25, -0.2) is 9.37 Å². The summed E-state index contributed by atoms with van der Waals surface area (Å²) in [5, 5.41) is 0. The van der Waals surface area contributed by atoms with Crippen LogP contribution in [-0.2, 0) is 12.5 Å². The van der Waals surface area contributed by atoms with E-state index in [-0.39, 0.29) is 17.1 Å². The number of rotatable bonds is 1. The van der Waals surface area contributed by atoms with E-state index < -0.39 is 0 Å². The van der Waals surface area contributed by atoms with Gasteiger partial charge in [0.15, 0.2) is 0 Å². The van der Waals surface area contributed by atoms with Gasteiger partial charge in [-0.05, 0) is 50.1 Å². The SMILES string of the molecule is Cc1nc2cc(C(=O)N3CC4(CCC4)c4c(F)cccc43)ccc2n1C. The van der Waals surface area contributed by atoms with Crippen LogP contribution in [0.1, 0.15) is 41.0 Å². The topological polar surface area (TPSA) is 38.1 Å². The number of benzene rings is 2. The number of nitrogens with zero attached hydrogens (tertiary/aromatic N) is 3. The van der Waals surface area contributed by atoms with Gasteiger partial charge in [-0.2, -0.15) is 0 Å². The highest BCUT2D eigenvalue weighted by Gasteiger charge is 2.50. The lowest BCUT2D eigenvalue weighted by Gasteiger charge is -2.39. The van der Waals surface area contributed by atoms with Crippen molar-refractivity contribution in [3.05, 3.63) is 59.2 Å². The Balaban J connectivity index is 1.59. The van der Waals surface area contributed by atoms with Gasteiger partial charge in [-0.15, -0.1) is 0 Å². The minimum Gasteiger partial charge on any atom is -0.331 e. The van der Waals surface area contributed by atoms with Crippen LogP contribution in [0.2, 0.25) is 0 Å². The van der Waals surface area contributed by atoms with Gasteiger partial charge >= 0.3 is 0 Å². The second-order valence-electron chi connectivity index (χ2n) is 7.58. The van der Waals surface area contributed by atoms with Crippen LogP contribution in [0.4, 0.5) is 10.1 Å². The van der Waals surface area contributed by atoms with Crippen molar-refractivity contribution in [2.75, 3.05) is 11.4 Å². The van der Waals surface area contributed by atoms with E-state index in [9.17, 15) is 9.18 Å². The highest BCUT2D eigenvalue weighted by Crippen LogP contribution is 2.53. The molecular weight excluding hydrogens is 329 g/mol. The van der Waals surface area contributed by atoms with E-state index >= 15 is 0 Å². The lowest BCUT2D eigenvalue weighted by molar-refractivity contribution is 0.0979. The molecule has 0 N–H and O–H groups in total. The van der Waals surface area contributed by atoms with E-state index in [1.165, 1.54) is 6.07 Å². The second-order valence-corrected chi connectivity index (χ2v) is 7.58. The maximum absolute atomic E-state index is 14.6. The van der Waals surface area contributed by atoms with Crippen LogP contribution in [0.15, 0.2) is 36.4 Å². The standard InChI is InChI=1S/C21H20FN3O/c1-13-23-16-11-14(7-8-17(16)24(13)2)20(26)25-12-21(9-4-10-21)19-15(22)5-3-6-18(19)25/h3,5-8,11H,4,9-10,12H2,1-2H3.